The third kappa shape index (κ3) is 2.65. The number of fused-ring (bicyclic) bond motifs is 1. The van der Waals surface area contributed by atoms with Crippen LogP contribution in [-0.2, 0) is 6.54 Å². The average Bonchev–Trinajstić information content (AvgIpc) is 2.77. The fraction of sp³-hybridized carbons (Fsp3) is 0.250. The van der Waals surface area contributed by atoms with Crippen LogP contribution in [-0.4, -0.2) is 39.7 Å². The summed E-state index contributed by atoms with van der Waals surface area (Å²) in [6.07, 6.45) is 0. The fourth-order valence-electron chi connectivity index (χ4n) is 2.43. The number of nitrogens with zero attached hydrogens (tertiary/aromatic N) is 4. The normalized spacial score (nSPS) is 11.5. The number of hydrogen-bond acceptors (Lipinski definition) is 3. The lowest BCUT2D eigenvalue weighted by molar-refractivity contribution is 0.383. The van der Waals surface area contributed by atoms with Gasteiger partial charge in [-0.15, -0.1) is 0 Å². The number of benzene rings is 1. The van der Waals surface area contributed by atoms with Gasteiger partial charge < -0.3 is 4.90 Å². The number of hydrogen-bond donors (Lipinski definition) is 0. The number of para-hydroxylation sites is 1. The molecule has 0 saturated heterocycles. The first-order valence-electron chi connectivity index (χ1n) is 7.06. The SMILES string of the molecule is CN(C)CCn1c(=O)n(-c2ccccc2)c2nc(Cl)ccc21. The first-order chi connectivity index (χ1) is 10.6. The molecule has 0 N–H and O–H groups in total. The van der Waals surface area contributed by atoms with Crippen LogP contribution in [0.25, 0.3) is 16.9 Å². The molecule has 114 valence electrons. The fourth-order valence-corrected chi connectivity index (χ4v) is 2.58. The Kier molecular flexibility index (Phi) is 4.00. The summed E-state index contributed by atoms with van der Waals surface area (Å²) in [5.74, 6) is 0. The van der Waals surface area contributed by atoms with Gasteiger partial charge >= 0.3 is 5.69 Å². The lowest BCUT2D eigenvalue weighted by Gasteiger charge is -2.09. The molecule has 5 nitrogen and oxygen atoms in total. The minimum atomic E-state index is -0.0992. The van der Waals surface area contributed by atoms with Crippen molar-refractivity contribution < 1.29 is 0 Å². The Labute approximate surface area is 133 Å². The molecular weight excluding hydrogens is 300 g/mol. The third-order valence-corrected chi connectivity index (χ3v) is 3.74. The summed E-state index contributed by atoms with van der Waals surface area (Å²) in [6.45, 7) is 1.38. The van der Waals surface area contributed by atoms with Gasteiger partial charge in [0.2, 0.25) is 0 Å². The Bertz CT molecular complexity index is 852. The van der Waals surface area contributed by atoms with Gasteiger partial charge in [0.15, 0.2) is 5.65 Å². The van der Waals surface area contributed by atoms with E-state index in [1.807, 2.05) is 55.4 Å². The van der Waals surface area contributed by atoms with Crippen LogP contribution in [0.1, 0.15) is 0 Å². The second-order valence-electron chi connectivity index (χ2n) is 5.39. The van der Waals surface area contributed by atoms with Crippen LogP contribution in [0.5, 0.6) is 0 Å². The Hall–Kier alpha value is -2.11. The van der Waals surface area contributed by atoms with Crippen molar-refractivity contribution in [3.05, 3.63) is 58.1 Å². The van der Waals surface area contributed by atoms with Crippen molar-refractivity contribution in [2.45, 2.75) is 6.54 Å². The highest BCUT2D eigenvalue weighted by Gasteiger charge is 2.16. The van der Waals surface area contributed by atoms with Crippen molar-refractivity contribution in [3.8, 4) is 5.69 Å². The summed E-state index contributed by atoms with van der Waals surface area (Å²) in [7, 11) is 3.97. The van der Waals surface area contributed by atoms with E-state index in [0.29, 0.717) is 17.3 Å². The van der Waals surface area contributed by atoms with Crippen LogP contribution in [0.15, 0.2) is 47.3 Å². The number of imidazole rings is 1. The topological polar surface area (TPSA) is 43.1 Å². The summed E-state index contributed by atoms with van der Waals surface area (Å²) in [4.78, 5) is 19.2. The molecule has 0 aliphatic heterocycles. The molecule has 0 saturated carbocycles. The van der Waals surface area contributed by atoms with Crippen molar-refractivity contribution in [3.63, 3.8) is 0 Å². The molecule has 1 aromatic carbocycles. The number of halogens is 1. The van der Waals surface area contributed by atoms with Crippen LogP contribution < -0.4 is 5.69 Å². The molecule has 3 rings (SSSR count). The highest BCUT2D eigenvalue weighted by molar-refractivity contribution is 6.29. The zero-order valence-electron chi connectivity index (χ0n) is 12.5. The number of likely N-dealkylation sites (N-methyl/N-ethyl adjacent to an activating group) is 1. The predicted octanol–water partition coefficient (Wildman–Crippen LogP) is 2.40. The van der Waals surface area contributed by atoms with E-state index in [1.54, 1.807) is 15.2 Å². The molecule has 0 atom stereocenters. The van der Waals surface area contributed by atoms with Crippen LogP contribution >= 0.6 is 11.6 Å². The summed E-state index contributed by atoms with van der Waals surface area (Å²) in [6, 6.07) is 13.1. The molecule has 0 aliphatic rings. The van der Waals surface area contributed by atoms with Crippen molar-refractivity contribution in [1.82, 2.24) is 19.0 Å². The first kappa shape index (κ1) is 14.8. The van der Waals surface area contributed by atoms with Crippen LogP contribution in [0, 0.1) is 0 Å². The van der Waals surface area contributed by atoms with E-state index < -0.39 is 0 Å². The Balaban J connectivity index is 2.25. The molecule has 0 bridgehead atoms. The molecule has 0 radical (unpaired) electrons. The van der Waals surface area contributed by atoms with Crippen molar-refractivity contribution in [2.75, 3.05) is 20.6 Å². The summed E-state index contributed by atoms with van der Waals surface area (Å²) >= 11 is 6.02. The van der Waals surface area contributed by atoms with Crippen molar-refractivity contribution >= 4 is 22.8 Å². The van der Waals surface area contributed by atoms with E-state index >= 15 is 0 Å². The maximum absolute atomic E-state index is 12.8. The van der Waals surface area contributed by atoms with Gasteiger partial charge in [0.25, 0.3) is 0 Å². The second kappa shape index (κ2) is 5.94. The van der Waals surface area contributed by atoms with E-state index in [2.05, 4.69) is 4.98 Å². The highest BCUT2D eigenvalue weighted by atomic mass is 35.5. The summed E-state index contributed by atoms with van der Waals surface area (Å²) in [5, 5.41) is 0.377. The van der Waals surface area contributed by atoms with Crippen molar-refractivity contribution in [2.24, 2.45) is 0 Å². The maximum Gasteiger partial charge on any atom is 0.335 e. The maximum atomic E-state index is 12.8. The van der Waals surface area contributed by atoms with E-state index in [9.17, 15) is 4.79 Å². The second-order valence-corrected chi connectivity index (χ2v) is 5.77. The number of rotatable bonds is 4. The van der Waals surface area contributed by atoms with Gasteiger partial charge in [-0.3, -0.25) is 4.57 Å². The third-order valence-electron chi connectivity index (χ3n) is 3.53. The molecule has 22 heavy (non-hydrogen) atoms. The van der Waals surface area contributed by atoms with Gasteiger partial charge in [0, 0.05) is 13.1 Å². The van der Waals surface area contributed by atoms with E-state index in [1.165, 1.54) is 0 Å². The minimum Gasteiger partial charge on any atom is -0.308 e. The molecule has 0 unspecified atom stereocenters. The van der Waals surface area contributed by atoms with Gasteiger partial charge in [0.1, 0.15) is 5.15 Å². The molecular formula is C16H17ClN4O. The van der Waals surface area contributed by atoms with Gasteiger partial charge in [-0.2, -0.15) is 0 Å². The van der Waals surface area contributed by atoms with E-state index in [4.69, 9.17) is 11.6 Å². The van der Waals surface area contributed by atoms with Crippen molar-refractivity contribution in [1.29, 1.82) is 0 Å². The monoisotopic (exact) mass is 316 g/mol. The number of aromatic nitrogens is 3. The quantitative estimate of drug-likeness (QED) is 0.694. The lowest BCUT2D eigenvalue weighted by atomic mass is 10.3. The molecule has 0 aliphatic carbocycles. The van der Waals surface area contributed by atoms with Gasteiger partial charge in [0.05, 0.1) is 11.2 Å². The molecule has 2 heterocycles. The lowest BCUT2D eigenvalue weighted by Crippen LogP contribution is -2.27. The Morgan fingerprint density at radius 1 is 1.14 bits per heavy atom. The van der Waals surface area contributed by atoms with Crippen LogP contribution in [0.2, 0.25) is 5.15 Å². The summed E-state index contributed by atoms with van der Waals surface area (Å²) < 4.78 is 3.35. The largest absolute Gasteiger partial charge is 0.335 e. The molecule has 6 heteroatoms. The molecule has 2 aromatic heterocycles. The summed E-state index contributed by atoms with van der Waals surface area (Å²) in [5.41, 5.74) is 2.07. The smallest absolute Gasteiger partial charge is 0.308 e. The van der Waals surface area contributed by atoms with Crippen LogP contribution in [0.3, 0.4) is 0 Å². The first-order valence-corrected chi connectivity index (χ1v) is 7.43. The van der Waals surface area contributed by atoms with Gasteiger partial charge in [-0.1, -0.05) is 29.8 Å². The average molecular weight is 317 g/mol. The Morgan fingerprint density at radius 2 is 1.86 bits per heavy atom. The van der Waals surface area contributed by atoms with E-state index in [-0.39, 0.29) is 5.69 Å². The Morgan fingerprint density at radius 3 is 2.55 bits per heavy atom. The van der Waals surface area contributed by atoms with Gasteiger partial charge in [-0.05, 0) is 38.4 Å². The molecule has 0 spiro atoms. The highest BCUT2D eigenvalue weighted by Crippen LogP contribution is 2.18. The molecule has 3 aromatic rings. The van der Waals surface area contributed by atoms with E-state index in [0.717, 1.165) is 17.7 Å². The zero-order valence-corrected chi connectivity index (χ0v) is 13.3. The standard InChI is InChI=1S/C16H17ClN4O/c1-19(2)10-11-20-13-8-9-14(17)18-15(13)21(16(20)22)12-6-4-3-5-7-12/h3-9H,10-11H2,1-2H3. The van der Waals surface area contributed by atoms with Gasteiger partial charge in [-0.25, -0.2) is 14.3 Å². The van der Waals surface area contributed by atoms with Crippen LogP contribution in [0.4, 0.5) is 0 Å². The molecule has 0 fully saturated rings. The number of pyridine rings is 1. The minimum absolute atomic E-state index is 0.0992. The zero-order chi connectivity index (χ0) is 15.7. The molecule has 0 amide bonds. The predicted molar refractivity (Wildman–Crippen MR) is 88.9 cm³/mol.